The summed E-state index contributed by atoms with van der Waals surface area (Å²) >= 11 is 0. The van der Waals surface area contributed by atoms with Crippen molar-refractivity contribution in [3.8, 4) is 17.2 Å². The molecule has 4 amide bonds. The maximum Gasteiger partial charge on any atom is 0.315 e. The van der Waals surface area contributed by atoms with E-state index in [4.69, 9.17) is 23.5 Å². The molecular formula is C32H39N5O8. The zero-order chi connectivity index (χ0) is 31.8. The molecule has 2 aliphatic heterocycles. The Balaban J connectivity index is 1.35. The number of carbonyl (C=O) groups excluding carboxylic acids is 3. The Hall–Kier alpha value is -4.62. The standard InChI is InChI=1S/C32H39N5O8/c1-20-27(21(2)45-36-20)17-30(38)37-10-7-28-29(18-37)43-19-22-5-4-6-24(13-22)44-26-15-23(14-25(16-26)42-12-11-41-3)31(39)33-8-9-34-32(40)35-28/h4-6,13-16,28-29H,7-12,17-19H2,1-3H3,(H,33,39)(H2,34,35,40)/t28-,29-/m0/s1. The molecule has 2 aliphatic rings. The van der Waals surface area contributed by atoms with Gasteiger partial charge in [-0.25, -0.2) is 4.79 Å². The number of hydrogen-bond acceptors (Lipinski definition) is 9. The minimum Gasteiger partial charge on any atom is -0.491 e. The van der Waals surface area contributed by atoms with Gasteiger partial charge in [0.05, 0.1) is 37.5 Å². The fraction of sp³-hybridized carbons (Fsp3) is 0.438. The predicted molar refractivity (Wildman–Crippen MR) is 162 cm³/mol. The second kappa shape index (κ2) is 14.9. The van der Waals surface area contributed by atoms with Crippen LogP contribution in [0.3, 0.4) is 0 Å². The topological polar surface area (TPSA) is 153 Å². The van der Waals surface area contributed by atoms with Crippen LogP contribution in [0.2, 0.25) is 0 Å². The second-order valence-corrected chi connectivity index (χ2v) is 11.0. The summed E-state index contributed by atoms with van der Waals surface area (Å²) < 4.78 is 28.6. The van der Waals surface area contributed by atoms with Gasteiger partial charge in [-0.1, -0.05) is 17.3 Å². The van der Waals surface area contributed by atoms with E-state index in [1.54, 1.807) is 37.1 Å². The summed E-state index contributed by atoms with van der Waals surface area (Å²) in [6, 6.07) is 11.7. The highest BCUT2D eigenvalue weighted by Crippen LogP contribution is 2.29. The van der Waals surface area contributed by atoms with Crippen molar-refractivity contribution in [2.24, 2.45) is 0 Å². The monoisotopic (exact) mass is 621 g/mol. The Bertz CT molecular complexity index is 1490. The fourth-order valence-corrected chi connectivity index (χ4v) is 5.29. The largest absolute Gasteiger partial charge is 0.491 e. The van der Waals surface area contributed by atoms with Crippen LogP contribution in [-0.4, -0.2) is 86.6 Å². The molecule has 45 heavy (non-hydrogen) atoms. The minimum absolute atomic E-state index is 0.0608. The van der Waals surface area contributed by atoms with Crippen molar-refractivity contribution in [2.75, 3.05) is 46.5 Å². The molecule has 5 rings (SSSR count). The van der Waals surface area contributed by atoms with Gasteiger partial charge in [-0.05, 0) is 50.1 Å². The van der Waals surface area contributed by atoms with Gasteiger partial charge in [-0.15, -0.1) is 0 Å². The number of fused-ring (bicyclic) bond motifs is 5. The Morgan fingerprint density at radius 1 is 1.07 bits per heavy atom. The van der Waals surface area contributed by atoms with Gasteiger partial charge in [0, 0.05) is 50.5 Å². The Labute approximate surface area is 261 Å². The number of urea groups is 1. The van der Waals surface area contributed by atoms with E-state index in [0.717, 1.165) is 11.1 Å². The molecule has 0 spiro atoms. The van der Waals surface area contributed by atoms with Crippen LogP contribution in [0, 0.1) is 13.8 Å². The van der Waals surface area contributed by atoms with E-state index in [1.165, 1.54) is 0 Å². The first-order valence-corrected chi connectivity index (χ1v) is 15.0. The molecule has 240 valence electrons. The van der Waals surface area contributed by atoms with Gasteiger partial charge in [0.15, 0.2) is 0 Å². The van der Waals surface area contributed by atoms with Crippen LogP contribution in [-0.2, 0) is 27.3 Å². The lowest BCUT2D eigenvalue weighted by Gasteiger charge is -2.38. The molecule has 0 aliphatic carbocycles. The van der Waals surface area contributed by atoms with E-state index in [1.807, 2.05) is 31.2 Å². The van der Waals surface area contributed by atoms with E-state index in [-0.39, 0.29) is 50.0 Å². The lowest BCUT2D eigenvalue weighted by molar-refractivity contribution is -0.135. The van der Waals surface area contributed by atoms with E-state index in [2.05, 4.69) is 21.1 Å². The molecule has 1 saturated heterocycles. The number of nitrogens with zero attached hydrogens (tertiary/aromatic N) is 2. The molecule has 3 N–H and O–H groups in total. The second-order valence-electron chi connectivity index (χ2n) is 11.0. The van der Waals surface area contributed by atoms with Crippen molar-refractivity contribution in [3.63, 3.8) is 0 Å². The first-order chi connectivity index (χ1) is 21.8. The predicted octanol–water partition coefficient (Wildman–Crippen LogP) is 2.88. The van der Waals surface area contributed by atoms with Gasteiger partial charge in [-0.3, -0.25) is 9.59 Å². The van der Waals surface area contributed by atoms with Gasteiger partial charge in [0.1, 0.15) is 29.6 Å². The van der Waals surface area contributed by atoms with Crippen molar-refractivity contribution < 1.29 is 37.9 Å². The molecule has 13 heteroatoms. The molecule has 3 heterocycles. The highest BCUT2D eigenvalue weighted by Gasteiger charge is 2.34. The normalized spacial score (nSPS) is 19.1. The molecule has 4 bridgehead atoms. The molecule has 0 unspecified atom stereocenters. The quantitative estimate of drug-likeness (QED) is 0.353. The van der Waals surface area contributed by atoms with Gasteiger partial charge in [-0.2, -0.15) is 0 Å². The summed E-state index contributed by atoms with van der Waals surface area (Å²) in [7, 11) is 1.58. The smallest absolute Gasteiger partial charge is 0.315 e. The van der Waals surface area contributed by atoms with Crippen molar-refractivity contribution in [2.45, 2.75) is 45.4 Å². The molecule has 2 atom stereocenters. The number of nitrogens with one attached hydrogen (secondary N) is 3. The molecule has 2 aromatic carbocycles. The number of aryl methyl sites for hydroxylation is 2. The van der Waals surface area contributed by atoms with Crippen LogP contribution in [0.4, 0.5) is 4.79 Å². The lowest BCUT2D eigenvalue weighted by Crippen LogP contribution is -2.58. The highest BCUT2D eigenvalue weighted by atomic mass is 16.5. The molecule has 1 aromatic heterocycles. The summed E-state index contributed by atoms with van der Waals surface area (Å²) in [4.78, 5) is 40.9. The summed E-state index contributed by atoms with van der Waals surface area (Å²) in [6.45, 7) is 5.69. The molecule has 0 saturated carbocycles. The summed E-state index contributed by atoms with van der Waals surface area (Å²) in [6.07, 6.45) is 0.219. The number of amides is 4. The number of rotatable bonds is 6. The Morgan fingerprint density at radius 3 is 2.71 bits per heavy atom. The first-order valence-electron chi connectivity index (χ1n) is 15.0. The van der Waals surface area contributed by atoms with Crippen LogP contribution < -0.4 is 25.4 Å². The fourth-order valence-electron chi connectivity index (χ4n) is 5.29. The maximum absolute atomic E-state index is 13.3. The van der Waals surface area contributed by atoms with E-state index < -0.39 is 6.10 Å². The third-order valence-corrected chi connectivity index (χ3v) is 7.73. The average molecular weight is 622 g/mol. The van der Waals surface area contributed by atoms with Crippen LogP contribution in [0.25, 0.3) is 0 Å². The van der Waals surface area contributed by atoms with Gasteiger partial charge in [0.25, 0.3) is 5.91 Å². The van der Waals surface area contributed by atoms with Gasteiger partial charge in [0.2, 0.25) is 5.91 Å². The van der Waals surface area contributed by atoms with Crippen molar-refractivity contribution >= 4 is 17.8 Å². The number of likely N-dealkylation sites (tertiary alicyclic amines) is 1. The Kier molecular flexibility index (Phi) is 10.5. The lowest BCUT2D eigenvalue weighted by atomic mass is 10.00. The number of ether oxygens (including phenoxy) is 4. The summed E-state index contributed by atoms with van der Waals surface area (Å²) in [5, 5.41) is 12.6. The van der Waals surface area contributed by atoms with Crippen LogP contribution >= 0.6 is 0 Å². The molecular weight excluding hydrogens is 582 g/mol. The summed E-state index contributed by atoms with van der Waals surface area (Å²) in [5.41, 5.74) is 2.67. The maximum atomic E-state index is 13.3. The summed E-state index contributed by atoms with van der Waals surface area (Å²) in [5.74, 6) is 1.66. The molecule has 13 nitrogen and oxygen atoms in total. The highest BCUT2D eigenvalue weighted by molar-refractivity contribution is 5.95. The SMILES string of the molecule is COCCOc1cc2cc(c1)C(=O)NCCNC(=O)N[C@H]1CCN(C(=O)Cc3c(C)noc3C)C[C@@H]1OCc1cccc(c1)O2. The number of piperidine rings is 1. The zero-order valence-electron chi connectivity index (χ0n) is 25.7. The first kappa shape index (κ1) is 31.8. The third kappa shape index (κ3) is 8.52. The van der Waals surface area contributed by atoms with Crippen molar-refractivity contribution in [1.29, 1.82) is 0 Å². The molecule has 3 aromatic rings. The molecule has 0 radical (unpaired) electrons. The molecule has 1 fully saturated rings. The van der Waals surface area contributed by atoms with E-state index in [9.17, 15) is 14.4 Å². The Morgan fingerprint density at radius 2 is 1.91 bits per heavy atom. The number of aromatic nitrogens is 1. The number of hydrogen-bond donors (Lipinski definition) is 3. The van der Waals surface area contributed by atoms with Crippen molar-refractivity contribution in [1.82, 2.24) is 26.0 Å². The minimum atomic E-state index is -0.468. The van der Waals surface area contributed by atoms with Crippen LogP contribution in [0.15, 0.2) is 47.0 Å². The van der Waals surface area contributed by atoms with Gasteiger partial charge >= 0.3 is 6.03 Å². The van der Waals surface area contributed by atoms with E-state index >= 15 is 0 Å². The number of benzene rings is 2. The van der Waals surface area contributed by atoms with Crippen molar-refractivity contribution in [3.05, 3.63) is 70.6 Å². The number of methoxy groups -OCH3 is 1. The van der Waals surface area contributed by atoms with Gasteiger partial charge < -0.3 is 44.3 Å². The average Bonchev–Trinajstić information content (AvgIpc) is 3.34. The number of carbonyl (C=O) groups is 3. The van der Waals surface area contributed by atoms with Crippen LogP contribution in [0.1, 0.15) is 39.4 Å². The van der Waals surface area contributed by atoms with Crippen LogP contribution in [0.5, 0.6) is 17.2 Å². The zero-order valence-corrected chi connectivity index (χ0v) is 25.7. The third-order valence-electron chi connectivity index (χ3n) is 7.73. The van der Waals surface area contributed by atoms with E-state index in [0.29, 0.717) is 67.0 Å².